The van der Waals surface area contributed by atoms with Gasteiger partial charge in [0, 0.05) is 31.1 Å². The number of amides is 1. The van der Waals surface area contributed by atoms with Crippen LogP contribution in [0.5, 0.6) is 0 Å². The summed E-state index contributed by atoms with van der Waals surface area (Å²) in [5.74, 6) is 1.45. The van der Waals surface area contributed by atoms with Crippen LogP contribution in [-0.2, 0) is 20.6 Å². The van der Waals surface area contributed by atoms with Crippen LogP contribution in [0.4, 0.5) is 0 Å². The molecule has 1 saturated heterocycles. The maximum atomic E-state index is 12.7. The van der Waals surface area contributed by atoms with Crippen LogP contribution in [0.15, 0.2) is 46.0 Å². The molecule has 2 heterocycles. The zero-order valence-corrected chi connectivity index (χ0v) is 18.4. The van der Waals surface area contributed by atoms with Gasteiger partial charge in [-0.1, -0.05) is 35.9 Å². The number of hydrogen-bond donors (Lipinski definition) is 1. The van der Waals surface area contributed by atoms with Gasteiger partial charge in [-0.2, -0.15) is 16.1 Å². The standard InChI is InChI=1S/C20H26N2O3S3/c1-16-5-2-6-17(13-16)15-26-12-9-21-20(23)18-7-3-10-22(14-18)28(24,25)19-8-4-11-27-19/h2,4-6,8,11,13,18H,3,7,9-10,12,14-15H2,1H3,(H,21,23)/t18-/m0/s1. The number of nitrogens with zero attached hydrogens (tertiary/aromatic N) is 1. The lowest BCUT2D eigenvalue weighted by atomic mass is 9.99. The predicted octanol–water partition coefficient (Wildman–Crippen LogP) is 3.51. The molecule has 0 aliphatic carbocycles. The first-order valence-electron chi connectivity index (χ1n) is 9.41. The lowest BCUT2D eigenvalue weighted by Gasteiger charge is -2.30. The SMILES string of the molecule is Cc1cccc(CSCCNC(=O)[C@H]2CCCN(S(=O)(=O)c3cccs3)C2)c1. The van der Waals surface area contributed by atoms with E-state index < -0.39 is 10.0 Å². The third-order valence-electron chi connectivity index (χ3n) is 4.74. The first-order valence-corrected chi connectivity index (χ1v) is 12.9. The summed E-state index contributed by atoms with van der Waals surface area (Å²) in [6, 6.07) is 11.8. The van der Waals surface area contributed by atoms with E-state index in [1.807, 2.05) is 0 Å². The van der Waals surface area contributed by atoms with Crippen LogP contribution >= 0.6 is 23.1 Å². The van der Waals surface area contributed by atoms with Crippen LogP contribution in [0.1, 0.15) is 24.0 Å². The molecule has 0 radical (unpaired) electrons. The van der Waals surface area contributed by atoms with Crippen molar-refractivity contribution >= 4 is 39.0 Å². The smallest absolute Gasteiger partial charge is 0.252 e. The van der Waals surface area contributed by atoms with Gasteiger partial charge in [-0.05, 0) is 36.8 Å². The fourth-order valence-electron chi connectivity index (χ4n) is 3.29. The summed E-state index contributed by atoms with van der Waals surface area (Å²) >= 11 is 3.01. The number of hydrogen-bond acceptors (Lipinski definition) is 5. The summed E-state index contributed by atoms with van der Waals surface area (Å²) in [4.78, 5) is 12.5. The molecular formula is C20H26N2O3S3. The van der Waals surface area contributed by atoms with E-state index >= 15 is 0 Å². The van der Waals surface area contributed by atoms with E-state index in [4.69, 9.17) is 0 Å². The molecule has 0 saturated carbocycles. The molecule has 1 aromatic carbocycles. The van der Waals surface area contributed by atoms with Gasteiger partial charge in [0.05, 0.1) is 5.92 Å². The molecule has 1 N–H and O–H groups in total. The van der Waals surface area contributed by atoms with Crippen molar-refractivity contribution in [3.8, 4) is 0 Å². The number of carbonyl (C=O) groups excluding carboxylic acids is 1. The maximum absolute atomic E-state index is 12.7. The van der Waals surface area contributed by atoms with Gasteiger partial charge < -0.3 is 5.32 Å². The number of rotatable bonds is 8. The average molecular weight is 439 g/mol. The van der Waals surface area contributed by atoms with Crippen LogP contribution in [0.3, 0.4) is 0 Å². The topological polar surface area (TPSA) is 66.5 Å². The largest absolute Gasteiger partial charge is 0.355 e. The molecule has 152 valence electrons. The first-order chi connectivity index (χ1) is 13.5. The van der Waals surface area contributed by atoms with Crippen molar-refractivity contribution in [3.05, 3.63) is 52.9 Å². The predicted molar refractivity (Wildman–Crippen MR) is 116 cm³/mol. The van der Waals surface area contributed by atoms with Crippen LogP contribution in [-0.4, -0.2) is 44.0 Å². The number of aryl methyl sites for hydroxylation is 1. The second kappa shape index (κ2) is 9.91. The van der Waals surface area contributed by atoms with E-state index in [1.165, 1.54) is 26.8 Å². The Morgan fingerprint density at radius 1 is 1.32 bits per heavy atom. The fourth-order valence-corrected chi connectivity index (χ4v) is 6.77. The van der Waals surface area contributed by atoms with Crippen molar-refractivity contribution in [3.63, 3.8) is 0 Å². The van der Waals surface area contributed by atoms with Gasteiger partial charge in [0.1, 0.15) is 4.21 Å². The number of piperidine rings is 1. The van der Waals surface area contributed by atoms with Gasteiger partial charge in [-0.3, -0.25) is 4.79 Å². The molecule has 1 atom stereocenters. The maximum Gasteiger partial charge on any atom is 0.252 e. The quantitative estimate of drug-likeness (QED) is 0.641. The van der Waals surface area contributed by atoms with Crippen LogP contribution in [0, 0.1) is 12.8 Å². The number of nitrogens with one attached hydrogen (secondary N) is 1. The zero-order chi connectivity index (χ0) is 20.0. The van der Waals surface area contributed by atoms with Gasteiger partial charge in [0.25, 0.3) is 10.0 Å². The Kier molecular flexibility index (Phi) is 7.56. The number of carbonyl (C=O) groups is 1. The van der Waals surface area contributed by atoms with Crippen molar-refractivity contribution in [2.24, 2.45) is 5.92 Å². The van der Waals surface area contributed by atoms with Crippen molar-refractivity contribution < 1.29 is 13.2 Å². The molecule has 0 spiro atoms. The third kappa shape index (κ3) is 5.59. The number of sulfonamides is 1. The number of thiophene rings is 1. The Morgan fingerprint density at radius 3 is 2.93 bits per heavy atom. The summed E-state index contributed by atoms with van der Waals surface area (Å²) in [6.45, 7) is 3.43. The Balaban J connectivity index is 1.43. The Labute approximate surface area is 175 Å². The van der Waals surface area contributed by atoms with Gasteiger partial charge in [0.15, 0.2) is 0 Å². The van der Waals surface area contributed by atoms with E-state index in [9.17, 15) is 13.2 Å². The highest BCUT2D eigenvalue weighted by molar-refractivity contribution is 7.98. The van der Waals surface area contributed by atoms with Gasteiger partial charge in [0.2, 0.25) is 5.91 Å². The monoisotopic (exact) mass is 438 g/mol. The Hall–Kier alpha value is -1.35. The molecule has 0 unspecified atom stereocenters. The minimum atomic E-state index is -3.48. The molecule has 1 aromatic heterocycles. The molecule has 8 heteroatoms. The van der Waals surface area contributed by atoms with E-state index in [2.05, 4.69) is 36.5 Å². The van der Waals surface area contributed by atoms with E-state index in [0.717, 1.165) is 17.9 Å². The second-order valence-electron chi connectivity index (χ2n) is 6.97. The normalized spacial score (nSPS) is 18.1. The molecule has 3 rings (SSSR count). The summed E-state index contributed by atoms with van der Waals surface area (Å²) in [5.41, 5.74) is 2.55. The lowest BCUT2D eigenvalue weighted by molar-refractivity contribution is -0.125. The molecule has 28 heavy (non-hydrogen) atoms. The first kappa shape index (κ1) is 21.4. The summed E-state index contributed by atoms with van der Waals surface area (Å²) in [6.07, 6.45) is 1.45. The van der Waals surface area contributed by atoms with Crippen molar-refractivity contribution in [2.75, 3.05) is 25.4 Å². The molecule has 1 fully saturated rings. The number of benzene rings is 1. The highest BCUT2D eigenvalue weighted by Crippen LogP contribution is 2.26. The lowest BCUT2D eigenvalue weighted by Crippen LogP contribution is -2.45. The molecular weight excluding hydrogens is 412 g/mol. The van der Waals surface area contributed by atoms with Crippen LogP contribution < -0.4 is 5.32 Å². The third-order valence-corrected chi connectivity index (χ3v) is 9.01. The molecule has 1 aliphatic rings. The molecule has 0 bridgehead atoms. The summed E-state index contributed by atoms with van der Waals surface area (Å²) in [7, 11) is -3.48. The average Bonchev–Trinajstić information content (AvgIpc) is 3.23. The van der Waals surface area contributed by atoms with Crippen LogP contribution in [0.2, 0.25) is 0 Å². The zero-order valence-electron chi connectivity index (χ0n) is 16.0. The highest BCUT2D eigenvalue weighted by atomic mass is 32.2. The molecule has 2 aromatic rings. The van der Waals surface area contributed by atoms with E-state index in [1.54, 1.807) is 29.3 Å². The van der Waals surface area contributed by atoms with Crippen molar-refractivity contribution in [2.45, 2.75) is 29.7 Å². The minimum Gasteiger partial charge on any atom is -0.355 e. The second-order valence-corrected chi connectivity index (χ2v) is 11.2. The Bertz CT molecular complexity index is 882. The fraction of sp³-hybridized carbons (Fsp3) is 0.450. The summed E-state index contributed by atoms with van der Waals surface area (Å²) < 4.78 is 27.2. The van der Waals surface area contributed by atoms with E-state index in [0.29, 0.717) is 23.7 Å². The van der Waals surface area contributed by atoms with Crippen LogP contribution in [0.25, 0.3) is 0 Å². The molecule has 1 aliphatic heterocycles. The number of thioether (sulfide) groups is 1. The van der Waals surface area contributed by atoms with Gasteiger partial charge >= 0.3 is 0 Å². The van der Waals surface area contributed by atoms with Crippen molar-refractivity contribution in [1.29, 1.82) is 0 Å². The van der Waals surface area contributed by atoms with Gasteiger partial charge in [-0.25, -0.2) is 8.42 Å². The summed E-state index contributed by atoms with van der Waals surface area (Å²) in [5, 5.41) is 4.74. The molecule has 5 nitrogen and oxygen atoms in total. The van der Waals surface area contributed by atoms with Crippen molar-refractivity contribution in [1.82, 2.24) is 9.62 Å². The molecule has 1 amide bonds. The van der Waals surface area contributed by atoms with Gasteiger partial charge in [-0.15, -0.1) is 11.3 Å². The Morgan fingerprint density at radius 2 is 2.18 bits per heavy atom. The van der Waals surface area contributed by atoms with E-state index in [-0.39, 0.29) is 18.4 Å². The minimum absolute atomic E-state index is 0.0396. The highest BCUT2D eigenvalue weighted by Gasteiger charge is 2.33.